The molecule has 1 aromatic rings. The molecule has 0 atom stereocenters. The highest BCUT2D eigenvalue weighted by Gasteiger charge is 2.15. The highest BCUT2D eigenvalue weighted by atomic mass is 14.7. The first-order valence-electron chi connectivity index (χ1n) is 8.11. The lowest BCUT2D eigenvalue weighted by atomic mass is 9.88. The van der Waals surface area contributed by atoms with Crippen LogP contribution in [0.5, 0.6) is 0 Å². The molecule has 1 aromatic carbocycles. The molecule has 0 unspecified atom stereocenters. The van der Waals surface area contributed by atoms with Gasteiger partial charge in [0.2, 0.25) is 0 Å². The number of aryl methyl sites for hydroxylation is 1. The van der Waals surface area contributed by atoms with Crippen molar-refractivity contribution >= 4 is 11.4 Å². The van der Waals surface area contributed by atoms with E-state index in [0.717, 1.165) is 29.0 Å². The average molecular weight is 311 g/mol. The summed E-state index contributed by atoms with van der Waals surface area (Å²) in [6.45, 7) is 15.2. The lowest BCUT2D eigenvalue weighted by Gasteiger charge is -2.17. The number of hydrogen-bond acceptors (Lipinski definition) is 3. The molecule has 0 fully saturated rings. The summed E-state index contributed by atoms with van der Waals surface area (Å²) in [4.78, 5) is 4.40. The SMILES string of the molecule is C=C(CC(=CN)C(C)=NCC)C(=N)c1ccc(C)cc1C(C)C. The molecule has 0 saturated carbocycles. The normalized spacial score (nSPS) is 12.6. The molecule has 0 bridgehead atoms. The molecule has 3 heteroatoms. The molecular formula is C20H29N3. The Morgan fingerprint density at radius 1 is 1.39 bits per heavy atom. The zero-order chi connectivity index (χ0) is 17.6. The molecule has 0 aliphatic rings. The topological polar surface area (TPSA) is 62.2 Å². The van der Waals surface area contributed by atoms with Crippen LogP contribution in [0.25, 0.3) is 0 Å². The molecule has 23 heavy (non-hydrogen) atoms. The van der Waals surface area contributed by atoms with E-state index in [9.17, 15) is 0 Å². The van der Waals surface area contributed by atoms with Gasteiger partial charge in [-0.3, -0.25) is 10.4 Å². The number of hydrogen-bond donors (Lipinski definition) is 2. The Kier molecular flexibility index (Phi) is 6.95. The van der Waals surface area contributed by atoms with E-state index in [2.05, 4.69) is 38.4 Å². The molecule has 124 valence electrons. The summed E-state index contributed by atoms with van der Waals surface area (Å²) in [6, 6.07) is 6.23. The van der Waals surface area contributed by atoms with E-state index in [1.165, 1.54) is 11.1 Å². The van der Waals surface area contributed by atoms with Gasteiger partial charge in [0.1, 0.15) is 0 Å². The van der Waals surface area contributed by atoms with Gasteiger partial charge in [0.15, 0.2) is 0 Å². The lowest BCUT2D eigenvalue weighted by Crippen LogP contribution is -2.11. The Morgan fingerprint density at radius 3 is 2.57 bits per heavy atom. The van der Waals surface area contributed by atoms with E-state index in [1.54, 1.807) is 6.20 Å². The number of nitrogens with one attached hydrogen (secondary N) is 1. The number of aliphatic imine (C=N–C) groups is 1. The molecule has 0 saturated heterocycles. The number of nitrogens with two attached hydrogens (primary N) is 1. The molecule has 3 N–H and O–H groups in total. The fourth-order valence-corrected chi connectivity index (χ4v) is 2.54. The highest BCUT2D eigenvalue weighted by Crippen LogP contribution is 2.25. The van der Waals surface area contributed by atoms with Gasteiger partial charge >= 0.3 is 0 Å². The van der Waals surface area contributed by atoms with Crippen molar-refractivity contribution in [1.82, 2.24) is 0 Å². The summed E-state index contributed by atoms with van der Waals surface area (Å²) in [5.74, 6) is 0.367. The van der Waals surface area contributed by atoms with Gasteiger partial charge in [-0.05, 0) is 49.6 Å². The Balaban J connectivity index is 3.07. The van der Waals surface area contributed by atoms with E-state index in [0.29, 0.717) is 18.1 Å². The summed E-state index contributed by atoms with van der Waals surface area (Å²) >= 11 is 0. The van der Waals surface area contributed by atoms with Crippen molar-refractivity contribution in [2.45, 2.75) is 47.0 Å². The van der Waals surface area contributed by atoms with Gasteiger partial charge in [-0.15, -0.1) is 0 Å². The van der Waals surface area contributed by atoms with Crippen LogP contribution in [0.4, 0.5) is 0 Å². The third-order valence-electron chi connectivity index (χ3n) is 3.92. The van der Waals surface area contributed by atoms with Crippen molar-refractivity contribution in [3.05, 3.63) is 58.8 Å². The van der Waals surface area contributed by atoms with Gasteiger partial charge in [0, 0.05) is 24.2 Å². The predicted molar refractivity (Wildman–Crippen MR) is 102 cm³/mol. The largest absolute Gasteiger partial charge is 0.404 e. The van der Waals surface area contributed by atoms with Gasteiger partial charge in [-0.25, -0.2) is 0 Å². The molecule has 0 radical (unpaired) electrons. The summed E-state index contributed by atoms with van der Waals surface area (Å²) < 4.78 is 0. The van der Waals surface area contributed by atoms with Crippen molar-refractivity contribution in [3.63, 3.8) is 0 Å². The lowest BCUT2D eigenvalue weighted by molar-refractivity contribution is 0.861. The molecule has 0 spiro atoms. The van der Waals surface area contributed by atoms with Crippen LogP contribution in [0.1, 0.15) is 56.7 Å². The minimum Gasteiger partial charge on any atom is -0.404 e. The van der Waals surface area contributed by atoms with Crippen LogP contribution in [0.2, 0.25) is 0 Å². The van der Waals surface area contributed by atoms with Gasteiger partial charge in [-0.1, -0.05) is 44.2 Å². The van der Waals surface area contributed by atoms with Crippen molar-refractivity contribution in [2.24, 2.45) is 10.7 Å². The van der Waals surface area contributed by atoms with Crippen LogP contribution >= 0.6 is 0 Å². The number of rotatable bonds is 7. The van der Waals surface area contributed by atoms with E-state index < -0.39 is 0 Å². The Hall–Kier alpha value is -2.16. The fourth-order valence-electron chi connectivity index (χ4n) is 2.54. The number of benzene rings is 1. The molecule has 0 aliphatic carbocycles. The van der Waals surface area contributed by atoms with Crippen molar-refractivity contribution in [2.75, 3.05) is 6.54 Å². The molecular weight excluding hydrogens is 282 g/mol. The van der Waals surface area contributed by atoms with Crippen molar-refractivity contribution in [3.8, 4) is 0 Å². The van der Waals surface area contributed by atoms with E-state index in [-0.39, 0.29) is 0 Å². The summed E-state index contributed by atoms with van der Waals surface area (Å²) in [6.07, 6.45) is 2.13. The van der Waals surface area contributed by atoms with E-state index >= 15 is 0 Å². The maximum Gasteiger partial charge on any atom is 0.0644 e. The third-order valence-corrected chi connectivity index (χ3v) is 3.92. The minimum atomic E-state index is 0.367. The van der Waals surface area contributed by atoms with E-state index in [1.807, 2.05) is 26.0 Å². The quantitative estimate of drug-likeness (QED) is 0.701. The van der Waals surface area contributed by atoms with Crippen LogP contribution in [0, 0.1) is 12.3 Å². The maximum atomic E-state index is 8.54. The second-order valence-electron chi connectivity index (χ2n) is 6.15. The smallest absolute Gasteiger partial charge is 0.0644 e. The molecule has 0 heterocycles. The molecule has 0 aliphatic heterocycles. The Morgan fingerprint density at radius 2 is 2.04 bits per heavy atom. The zero-order valence-corrected chi connectivity index (χ0v) is 15.0. The Bertz CT molecular complexity index is 649. The predicted octanol–water partition coefficient (Wildman–Crippen LogP) is 4.76. The third kappa shape index (κ3) is 4.92. The second-order valence-corrected chi connectivity index (χ2v) is 6.15. The van der Waals surface area contributed by atoms with Crippen LogP contribution in [-0.2, 0) is 0 Å². The van der Waals surface area contributed by atoms with E-state index in [4.69, 9.17) is 11.1 Å². The molecule has 0 aromatic heterocycles. The number of allylic oxidation sites excluding steroid dienone is 2. The molecule has 3 nitrogen and oxygen atoms in total. The summed E-state index contributed by atoms with van der Waals surface area (Å²) in [5, 5.41) is 8.54. The summed E-state index contributed by atoms with van der Waals surface area (Å²) in [7, 11) is 0. The van der Waals surface area contributed by atoms with Gasteiger partial charge in [0.05, 0.1) is 5.71 Å². The molecule has 0 amide bonds. The maximum absolute atomic E-state index is 8.54. The zero-order valence-electron chi connectivity index (χ0n) is 15.0. The van der Waals surface area contributed by atoms with Crippen molar-refractivity contribution in [1.29, 1.82) is 5.41 Å². The van der Waals surface area contributed by atoms with Crippen LogP contribution < -0.4 is 5.73 Å². The first-order valence-corrected chi connectivity index (χ1v) is 8.11. The van der Waals surface area contributed by atoms with Crippen LogP contribution in [-0.4, -0.2) is 18.0 Å². The Labute approximate surface area is 140 Å². The monoisotopic (exact) mass is 311 g/mol. The fraction of sp³-hybridized carbons (Fsp3) is 0.400. The van der Waals surface area contributed by atoms with Crippen molar-refractivity contribution < 1.29 is 0 Å². The number of nitrogens with zero attached hydrogens (tertiary/aromatic N) is 1. The molecule has 1 rings (SSSR count). The van der Waals surface area contributed by atoms with Crippen LogP contribution in [0.15, 0.2) is 47.1 Å². The van der Waals surface area contributed by atoms with Gasteiger partial charge in [0.25, 0.3) is 0 Å². The standard InChI is InChI=1S/C20H29N3/c1-7-23-16(6)17(12-21)11-15(5)20(22)18-9-8-14(4)10-19(18)13(2)3/h8-10,12-13,22H,5,7,11,21H2,1-4,6H3. The summed E-state index contributed by atoms with van der Waals surface area (Å²) in [5.41, 5.74) is 12.2. The first-order chi connectivity index (χ1) is 10.8. The highest BCUT2D eigenvalue weighted by molar-refractivity contribution is 6.12. The average Bonchev–Trinajstić information content (AvgIpc) is 2.51. The first kappa shape index (κ1) is 18.9. The van der Waals surface area contributed by atoms with Crippen LogP contribution in [0.3, 0.4) is 0 Å². The van der Waals surface area contributed by atoms with Gasteiger partial charge in [-0.2, -0.15) is 0 Å². The second kappa shape index (κ2) is 8.47. The van der Waals surface area contributed by atoms with Gasteiger partial charge < -0.3 is 5.73 Å². The minimum absolute atomic E-state index is 0.367.